The van der Waals surface area contributed by atoms with E-state index in [4.69, 9.17) is 0 Å². The highest BCUT2D eigenvalue weighted by Crippen LogP contribution is 2.29. The van der Waals surface area contributed by atoms with E-state index in [1.54, 1.807) is 0 Å². The Balaban J connectivity index is 1.77. The number of carbonyl (C=O) groups is 1. The van der Waals surface area contributed by atoms with Gasteiger partial charge >= 0.3 is 6.55 Å². The third kappa shape index (κ3) is 3.87. The SMILES string of the molecule is Cc1nc(CNC(=O)[C@H]2CCCN2S(=O)(=O)c2cnn(C(F)F)c2C)cs1. The Morgan fingerprint density at radius 2 is 2.19 bits per heavy atom. The van der Waals surface area contributed by atoms with Gasteiger partial charge in [0.15, 0.2) is 0 Å². The first-order valence-corrected chi connectivity index (χ1v) is 10.6. The van der Waals surface area contributed by atoms with Gasteiger partial charge in [0, 0.05) is 11.9 Å². The summed E-state index contributed by atoms with van der Waals surface area (Å²) in [5.41, 5.74) is 0.543. The zero-order valence-corrected chi connectivity index (χ0v) is 16.4. The average molecular weight is 419 g/mol. The van der Waals surface area contributed by atoms with E-state index in [9.17, 15) is 22.0 Å². The fourth-order valence-corrected chi connectivity index (χ4v) is 5.48. The average Bonchev–Trinajstić information content (AvgIpc) is 3.31. The minimum Gasteiger partial charge on any atom is -0.349 e. The van der Waals surface area contributed by atoms with Crippen molar-refractivity contribution in [2.24, 2.45) is 0 Å². The number of hydrogen-bond acceptors (Lipinski definition) is 6. The van der Waals surface area contributed by atoms with E-state index in [0.29, 0.717) is 23.2 Å². The Kier molecular flexibility index (Phi) is 5.58. The van der Waals surface area contributed by atoms with Crippen molar-refractivity contribution in [3.8, 4) is 0 Å². The Morgan fingerprint density at radius 1 is 1.44 bits per heavy atom. The number of aryl methyl sites for hydroxylation is 1. The van der Waals surface area contributed by atoms with E-state index in [1.165, 1.54) is 18.3 Å². The molecule has 0 unspecified atom stereocenters. The van der Waals surface area contributed by atoms with Crippen LogP contribution in [0.3, 0.4) is 0 Å². The van der Waals surface area contributed by atoms with Crippen LogP contribution >= 0.6 is 11.3 Å². The first-order chi connectivity index (χ1) is 12.7. The van der Waals surface area contributed by atoms with Crippen molar-refractivity contribution in [1.29, 1.82) is 0 Å². The number of nitrogens with zero attached hydrogens (tertiary/aromatic N) is 4. The van der Waals surface area contributed by atoms with Crippen molar-refractivity contribution in [3.05, 3.63) is 28.0 Å². The van der Waals surface area contributed by atoms with Gasteiger partial charge < -0.3 is 5.32 Å². The first kappa shape index (κ1) is 19.8. The highest BCUT2D eigenvalue weighted by atomic mass is 32.2. The number of sulfonamides is 1. The molecule has 148 valence electrons. The second-order valence-corrected chi connectivity index (χ2v) is 9.09. The van der Waals surface area contributed by atoms with Gasteiger partial charge in [0.2, 0.25) is 15.9 Å². The second-order valence-electron chi connectivity index (χ2n) is 6.17. The van der Waals surface area contributed by atoms with Gasteiger partial charge in [0.05, 0.1) is 29.1 Å². The van der Waals surface area contributed by atoms with E-state index in [1.807, 2.05) is 12.3 Å². The number of halogens is 2. The van der Waals surface area contributed by atoms with Crippen molar-refractivity contribution in [1.82, 2.24) is 24.4 Å². The first-order valence-electron chi connectivity index (χ1n) is 8.24. The highest BCUT2D eigenvalue weighted by Gasteiger charge is 2.41. The summed E-state index contributed by atoms with van der Waals surface area (Å²) in [6.45, 7) is 0.532. The van der Waals surface area contributed by atoms with Gasteiger partial charge in [-0.3, -0.25) is 4.79 Å². The van der Waals surface area contributed by atoms with Crippen LogP contribution in [0.1, 0.15) is 35.8 Å². The maximum absolute atomic E-state index is 12.9. The number of nitrogens with one attached hydrogen (secondary N) is 1. The van der Waals surface area contributed by atoms with Gasteiger partial charge in [0.25, 0.3) is 0 Å². The fraction of sp³-hybridized carbons (Fsp3) is 0.533. The summed E-state index contributed by atoms with van der Waals surface area (Å²) in [6, 6.07) is -0.885. The number of thiazole rings is 1. The summed E-state index contributed by atoms with van der Waals surface area (Å²) in [4.78, 5) is 16.5. The van der Waals surface area contributed by atoms with Crippen LogP contribution in [-0.2, 0) is 21.4 Å². The molecule has 0 spiro atoms. The van der Waals surface area contributed by atoms with Crippen LogP contribution in [0.2, 0.25) is 0 Å². The Bertz CT molecular complexity index is 941. The van der Waals surface area contributed by atoms with Gasteiger partial charge in [-0.05, 0) is 26.7 Å². The summed E-state index contributed by atoms with van der Waals surface area (Å²) in [7, 11) is -4.11. The Hall–Kier alpha value is -1.92. The number of alkyl halides is 2. The summed E-state index contributed by atoms with van der Waals surface area (Å²) >= 11 is 1.46. The molecule has 0 radical (unpaired) electrons. The molecule has 0 aliphatic carbocycles. The second kappa shape index (κ2) is 7.60. The molecular weight excluding hydrogens is 400 g/mol. The Morgan fingerprint density at radius 3 is 2.78 bits per heavy atom. The van der Waals surface area contributed by atoms with Gasteiger partial charge in [-0.1, -0.05) is 0 Å². The largest absolute Gasteiger partial charge is 0.349 e. The fourth-order valence-electron chi connectivity index (χ4n) is 3.06. The molecule has 1 saturated heterocycles. The maximum Gasteiger partial charge on any atom is 0.333 e. The maximum atomic E-state index is 12.9. The normalized spacial score (nSPS) is 18.3. The number of rotatable bonds is 6. The zero-order chi connectivity index (χ0) is 19.8. The van der Waals surface area contributed by atoms with E-state index >= 15 is 0 Å². The van der Waals surface area contributed by atoms with Crippen LogP contribution < -0.4 is 5.32 Å². The summed E-state index contributed by atoms with van der Waals surface area (Å²) in [6.07, 6.45) is 1.78. The molecular formula is C15H19F2N5O3S2. The van der Waals surface area contributed by atoms with Gasteiger partial charge in [-0.2, -0.15) is 18.2 Å². The molecule has 1 aliphatic rings. The number of carbonyl (C=O) groups excluding carboxylic acids is 1. The van der Waals surface area contributed by atoms with Crippen molar-refractivity contribution in [2.75, 3.05) is 6.54 Å². The number of aromatic nitrogens is 3. The van der Waals surface area contributed by atoms with E-state index in [2.05, 4.69) is 15.4 Å². The van der Waals surface area contributed by atoms with Crippen LogP contribution in [0.15, 0.2) is 16.5 Å². The smallest absolute Gasteiger partial charge is 0.333 e. The van der Waals surface area contributed by atoms with Gasteiger partial charge in [-0.25, -0.2) is 18.1 Å². The lowest BCUT2D eigenvalue weighted by Crippen LogP contribution is -2.45. The number of hydrogen-bond donors (Lipinski definition) is 1. The monoisotopic (exact) mass is 419 g/mol. The van der Waals surface area contributed by atoms with Crippen molar-refractivity contribution in [2.45, 2.75) is 50.7 Å². The molecule has 27 heavy (non-hydrogen) atoms. The highest BCUT2D eigenvalue weighted by molar-refractivity contribution is 7.89. The molecule has 3 heterocycles. The molecule has 0 bridgehead atoms. The molecule has 2 aromatic heterocycles. The topological polar surface area (TPSA) is 97.2 Å². The van der Waals surface area contributed by atoms with E-state index in [0.717, 1.165) is 15.5 Å². The minimum atomic E-state index is -4.11. The van der Waals surface area contributed by atoms with Crippen molar-refractivity contribution < 1.29 is 22.0 Å². The molecule has 12 heteroatoms. The third-order valence-corrected chi connectivity index (χ3v) is 7.22. The van der Waals surface area contributed by atoms with E-state index in [-0.39, 0.29) is 23.7 Å². The van der Waals surface area contributed by atoms with Crippen LogP contribution in [0, 0.1) is 13.8 Å². The predicted octanol–water partition coefficient (Wildman–Crippen LogP) is 1.82. The van der Waals surface area contributed by atoms with Crippen LogP contribution in [-0.4, -0.2) is 46.0 Å². The molecule has 1 fully saturated rings. The van der Waals surface area contributed by atoms with Gasteiger partial charge in [0.1, 0.15) is 10.9 Å². The van der Waals surface area contributed by atoms with Crippen LogP contribution in [0.25, 0.3) is 0 Å². The standard InChI is InChI=1S/C15H19F2N5O3S2/c1-9-13(7-19-22(9)15(16)17)27(24,25)21-5-3-4-12(21)14(23)18-6-11-8-26-10(2)20-11/h7-8,12,15H,3-6H2,1-2H3,(H,18,23)/t12-/m1/s1. The number of amides is 1. The lowest BCUT2D eigenvalue weighted by atomic mass is 10.2. The molecule has 1 atom stereocenters. The summed E-state index contributed by atoms with van der Waals surface area (Å²) < 4.78 is 53.1. The molecule has 0 aromatic carbocycles. The Labute approximate surface area is 159 Å². The molecule has 3 rings (SSSR count). The van der Waals surface area contributed by atoms with Crippen LogP contribution in [0.4, 0.5) is 8.78 Å². The van der Waals surface area contributed by atoms with Crippen molar-refractivity contribution in [3.63, 3.8) is 0 Å². The lowest BCUT2D eigenvalue weighted by molar-refractivity contribution is -0.124. The lowest BCUT2D eigenvalue weighted by Gasteiger charge is -2.23. The molecule has 8 nitrogen and oxygen atoms in total. The molecule has 2 aromatic rings. The van der Waals surface area contributed by atoms with E-state index < -0.39 is 28.5 Å². The van der Waals surface area contributed by atoms with Crippen LogP contribution in [0.5, 0.6) is 0 Å². The van der Waals surface area contributed by atoms with Gasteiger partial charge in [-0.15, -0.1) is 11.3 Å². The molecule has 1 aliphatic heterocycles. The molecule has 0 saturated carbocycles. The zero-order valence-electron chi connectivity index (χ0n) is 14.7. The van der Waals surface area contributed by atoms with Crippen molar-refractivity contribution >= 4 is 27.3 Å². The molecule has 1 N–H and O–H groups in total. The minimum absolute atomic E-state index is 0.148. The third-order valence-electron chi connectivity index (χ3n) is 4.39. The molecule has 1 amide bonds. The quantitative estimate of drug-likeness (QED) is 0.770. The predicted molar refractivity (Wildman–Crippen MR) is 93.8 cm³/mol. The summed E-state index contributed by atoms with van der Waals surface area (Å²) in [5, 5.41) is 8.85. The summed E-state index contributed by atoms with van der Waals surface area (Å²) in [5.74, 6) is -0.430.